The predicted octanol–water partition coefficient (Wildman–Crippen LogP) is 2.51. The highest BCUT2D eigenvalue weighted by molar-refractivity contribution is 6.36. The third-order valence-electron chi connectivity index (χ3n) is 3.69. The normalized spacial score (nSPS) is 16.0. The molecule has 1 atom stereocenters. The van der Waals surface area contributed by atoms with Crippen LogP contribution in [-0.2, 0) is 9.59 Å². The zero-order valence-corrected chi connectivity index (χ0v) is 15.8. The summed E-state index contributed by atoms with van der Waals surface area (Å²) < 4.78 is 0. The molecule has 1 aliphatic heterocycles. The van der Waals surface area contributed by atoms with Crippen LogP contribution in [-0.4, -0.2) is 35.1 Å². The molecule has 4 N–H and O–H groups in total. The number of nitrogens with one attached hydrogen (secondary N) is 3. The second-order valence-corrected chi connectivity index (χ2v) is 6.66. The standard InChI is InChI=1S/C18H15Cl2N5O3/c19-11-3-6-14(13(20)7-11)22-16(27)8-15-17(28)24-18(23-15)25-21-9-10-1-4-12(26)5-2-10/h1-7,9,15,26H,8H2,(H,22,27)(H2,23,24,25,28)/b21-9-/t15-/m1/s1. The molecule has 0 spiro atoms. The van der Waals surface area contributed by atoms with E-state index in [0.29, 0.717) is 15.7 Å². The molecule has 1 heterocycles. The van der Waals surface area contributed by atoms with Crippen LogP contribution in [0, 0.1) is 0 Å². The molecular formula is C18H15Cl2N5O3. The summed E-state index contributed by atoms with van der Waals surface area (Å²) in [6.45, 7) is 0. The topological polar surface area (TPSA) is 115 Å². The Morgan fingerprint density at radius 2 is 2.00 bits per heavy atom. The van der Waals surface area contributed by atoms with Gasteiger partial charge in [-0.25, -0.2) is 10.4 Å². The SMILES string of the molecule is O=C(C[C@H]1N=C(N/N=C\c2ccc(O)cc2)NC1=O)Nc1ccc(Cl)cc1Cl. The average Bonchev–Trinajstić information content (AvgIpc) is 2.98. The molecule has 0 saturated carbocycles. The highest BCUT2D eigenvalue weighted by atomic mass is 35.5. The van der Waals surface area contributed by atoms with Gasteiger partial charge in [-0.15, -0.1) is 0 Å². The van der Waals surface area contributed by atoms with Crippen LogP contribution in [0.4, 0.5) is 5.69 Å². The van der Waals surface area contributed by atoms with Crippen molar-refractivity contribution >= 4 is 52.9 Å². The minimum absolute atomic E-state index is 0.141. The number of aliphatic imine (C=N–C) groups is 1. The number of rotatable bonds is 5. The summed E-state index contributed by atoms with van der Waals surface area (Å²) in [6, 6.07) is 10.2. The van der Waals surface area contributed by atoms with E-state index in [0.717, 1.165) is 5.56 Å². The lowest BCUT2D eigenvalue weighted by atomic mass is 10.2. The molecule has 0 aromatic heterocycles. The Balaban J connectivity index is 1.55. The summed E-state index contributed by atoms with van der Waals surface area (Å²) in [6.07, 6.45) is 1.34. The van der Waals surface area contributed by atoms with Gasteiger partial charge < -0.3 is 10.4 Å². The van der Waals surface area contributed by atoms with Gasteiger partial charge in [0.1, 0.15) is 11.8 Å². The van der Waals surface area contributed by atoms with Gasteiger partial charge in [0.25, 0.3) is 5.91 Å². The van der Waals surface area contributed by atoms with Crippen LogP contribution in [0.3, 0.4) is 0 Å². The predicted molar refractivity (Wildman–Crippen MR) is 108 cm³/mol. The number of benzene rings is 2. The Hall–Kier alpha value is -3.10. The third kappa shape index (κ3) is 5.21. The largest absolute Gasteiger partial charge is 0.508 e. The summed E-state index contributed by atoms with van der Waals surface area (Å²) in [7, 11) is 0. The monoisotopic (exact) mass is 419 g/mol. The van der Waals surface area contributed by atoms with Crippen LogP contribution in [0.5, 0.6) is 5.75 Å². The van der Waals surface area contributed by atoms with E-state index >= 15 is 0 Å². The number of amides is 2. The van der Waals surface area contributed by atoms with Crippen molar-refractivity contribution in [2.45, 2.75) is 12.5 Å². The van der Waals surface area contributed by atoms with Crippen LogP contribution in [0.1, 0.15) is 12.0 Å². The number of hydrogen-bond acceptors (Lipinski definition) is 6. The number of carbonyl (C=O) groups is 2. The lowest BCUT2D eigenvalue weighted by Crippen LogP contribution is -2.35. The first-order valence-corrected chi connectivity index (χ1v) is 8.88. The van der Waals surface area contributed by atoms with Gasteiger partial charge in [0.05, 0.1) is 23.3 Å². The molecule has 3 rings (SSSR count). The Morgan fingerprint density at radius 1 is 1.25 bits per heavy atom. The molecular weight excluding hydrogens is 405 g/mol. The Kier molecular flexibility index (Phi) is 6.13. The second-order valence-electron chi connectivity index (χ2n) is 5.82. The molecule has 2 aromatic rings. The number of guanidine groups is 1. The number of nitrogens with zero attached hydrogens (tertiary/aromatic N) is 2. The molecule has 1 aliphatic rings. The van der Waals surface area contributed by atoms with Crippen LogP contribution in [0.25, 0.3) is 0 Å². The van der Waals surface area contributed by atoms with E-state index in [4.69, 9.17) is 23.2 Å². The third-order valence-corrected chi connectivity index (χ3v) is 4.24. The van der Waals surface area contributed by atoms with Crippen molar-refractivity contribution in [3.63, 3.8) is 0 Å². The van der Waals surface area contributed by atoms with Crippen LogP contribution in [0.2, 0.25) is 10.0 Å². The van der Waals surface area contributed by atoms with Crippen molar-refractivity contribution in [3.05, 3.63) is 58.1 Å². The molecule has 28 heavy (non-hydrogen) atoms. The molecule has 0 saturated heterocycles. The first kappa shape index (κ1) is 19.7. The molecule has 8 nitrogen and oxygen atoms in total. The van der Waals surface area contributed by atoms with Gasteiger partial charge in [0.15, 0.2) is 0 Å². The van der Waals surface area contributed by atoms with Crippen molar-refractivity contribution in [1.29, 1.82) is 0 Å². The van der Waals surface area contributed by atoms with Crippen molar-refractivity contribution in [2.24, 2.45) is 10.1 Å². The number of carbonyl (C=O) groups excluding carboxylic acids is 2. The van der Waals surface area contributed by atoms with E-state index in [1.54, 1.807) is 24.3 Å². The number of hydrogen-bond donors (Lipinski definition) is 4. The summed E-state index contributed by atoms with van der Waals surface area (Å²) >= 11 is 11.8. The molecule has 144 valence electrons. The fraction of sp³-hybridized carbons (Fsp3) is 0.111. The number of halogens is 2. The van der Waals surface area contributed by atoms with Gasteiger partial charge in [0.2, 0.25) is 11.9 Å². The lowest BCUT2D eigenvalue weighted by molar-refractivity contribution is -0.123. The smallest absolute Gasteiger partial charge is 0.252 e. The molecule has 0 radical (unpaired) electrons. The maximum Gasteiger partial charge on any atom is 0.252 e. The van der Waals surface area contributed by atoms with E-state index < -0.39 is 17.9 Å². The highest BCUT2D eigenvalue weighted by Gasteiger charge is 2.28. The van der Waals surface area contributed by atoms with Gasteiger partial charge in [-0.05, 0) is 48.0 Å². The minimum atomic E-state index is -0.877. The number of aromatic hydroxyl groups is 1. The molecule has 0 bridgehead atoms. The van der Waals surface area contributed by atoms with Gasteiger partial charge in [-0.1, -0.05) is 23.2 Å². The summed E-state index contributed by atoms with van der Waals surface area (Å²) in [5.74, 6) is -0.539. The zero-order chi connectivity index (χ0) is 20.1. The second kappa shape index (κ2) is 8.73. The van der Waals surface area contributed by atoms with Crippen LogP contribution in [0.15, 0.2) is 52.6 Å². The van der Waals surface area contributed by atoms with E-state index in [9.17, 15) is 14.7 Å². The maximum absolute atomic E-state index is 12.2. The van der Waals surface area contributed by atoms with Gasteiger partial charge in [0, 0.05) is 5.02 Å². The first-order valence-electron chi connectivity index (χ1n) is 8.12. The van der Waals surface area contributed by atoms with E-state index in [1.807, 2.05) is 0 Å². The molecule has 2 aromatic carbocycles. The van der Waals surface area contributed by atoms with Crippen LogP contribution < -0.4 is 16.1 Å². The minimum Gasteiger partial charge on any atom is -0.508 e. The molecule has 2 amide bonds. The lowest BCUT2D eigenvalue weighted by Gasteiger charge is -2.08. The highest BCUT2D eigenvalue weighted by Crippen LogP contribution is 2.25. The molecule has 0 aliphatic carbocycles. The van der Waals surface area contributed by atoms with Gasteiger partial charge in [-0.3, -0.25) is 14.9 Å². The fourth-order valence-corrected chi connectivity index (χ4v) is 2.79. The van der Waals surface area contributed by atoms with Gasteiger partial charge in [-0.2, -0.15) is 5.10 Å². The quantitative estimate of drug-likeness (QED) is 0.440. The first-order chi connectivity index (χ1) is 13.4. The van der Waals surface area contributed by atoms with E-state index in [2.05, 4.69) is 26.2 Å². The van der Waals surface area contributed by atoms with Crippen LogP contribution >= 0.6 is 23.2 Å². The van der Waals surface area contributed by atoms with Crippen molar-refractivity contribution in [1.82, 2.24) is 10.7 Å². The molecule has 0 unspecified atom stereocenters. The fourth-order valence-electron chi connectivity index (χ4n) is 2.34. The maximum atomic E-state index is 12.2. The average molecular weight is 420 g/mol. The zero-order valence-electron chi connectivity index (χ0n) is 14.3. The summed E-state index contributed by atoms with van der Waals surface area (Å²) in [4.78, 5) is 28.3. The van der Waals surface area contributed by atoms with Gasteiger partial charge >= 0.3 is 0 Å². The summed E-state index contributed by atoms with van der Waals surface area (Å²) in [5, 5.41) is 19.1. The van der Waals surface area contributed by atoms with Crippen molar-refractivity contribution in [3.8, 4) is 5.75 Å². The Morgan fingerprint density at radius 3 is 2.71 bits per heavy atom. The van der Waals surface area contributed by atoms with E-state index in [-0.39, 0.29) is 18.1 Å². The van der Waals surface area contributed by atoms with E-state index in [1.165, 1.54) is 24.4 Å². The number of anilines is 1. The number of hydrazone groups is 1. The van der Waals surface area contributed by atoms with Crippen molar-refractivity contribution < 1.29 is 14.7 Å². The molecule has 0 fully saturated rings. The Bertz CT molecular complexity index is 960. The van der Waals surface area contributed by atoms with Crippen molar-refractivity contribution in [2.75, 3.05) is 5.32 Å². The summed E-state index contributed by atoms with van der Waals surface area (Å²) in [5.41, 5.74) is 3.74. The molecule has 10 heteroatoms. The number of phenolic OH excluding ortho intramolecular Hbond substituents is 1. The Labute approximate surface area is 170 Å². The number of phenols is 1.